The fraction of sp³-hybridized carbons (Fsp3) is 0.444. The van der Waals surface area contributed by atoms with E-state index in [1.54, 1.807) is 7.05 Å². The molecular formula is C18H27N3O2. The van der Waals surface area contributed by atoms with E-state index in [2.05, 4.69) is 17.2 Å². The zero-order valence-electron chi connectivity index (χ0n) is 14.0. The van der Waals surface area contributed by atoms with Crippen LogP contribution in [0.25, 0.3) is 0 Å². The second kappa shape index (κ2) is 9.92. The van der Waals surface area contributed by atoms with Crippen LogP contribution in [-0.4, -0.2) is 37.4 Å². The topological polar surface area (TPSA) is 84.2 Å². The lowest BCUT2D eigenvalue weighted by molar-refractivity contribution is -0.127. The standard InChI is InChI=1S/C18H27N3O2/c1-13(8-7-11-19)17(14(2)22)21-18(23)16(20-3)12-15-9-5-4-6-10-15/h4-6,9-10,16-17,20H,1,7-8,11-12,19H2,2-3H3,(H,21,23)/t16?,17-/m0/s1. The van der Waals surface area contributed by atoms with Crippen molar-refractivity contribution in [2.75, 3.05) is 13.6 Å². The molecule has 0 aliphatic rings. The van der Waals surface area contributed by atoms with Crippen molar-refractivity contribution in [2.45, 2.75) is 38.3 Å². The summed E-state index contributed by atoms with van der Waals surface area (Å²) in [5.74, 6) is -0.319. The number of likely N-dealkylation sites (N-methyl/N-ethyl adjacent to an activating group) is 1. The van der Waals surface area contributed by atoms with E-state index in [1.807, 2.05) is 30.3 Å². The van der Waals surface area contributed by atoms with Crippen molar-refractivity contribution in [2.24, 2.45) is 5.73 Å². The van der Waals surface area contributed by atoms with Crippen molar-refractivity contribution in [1.29, 1.82) is 0 Å². The minimum absolute atomic E-state index is 0.116. The normalized spacial score (nSPS) is 13.2. The number of ketones is 1. The van der Waals surface area contributed by atoms with Crippen molar-refractivity contribution < 1.29 is 9.59 Å². The zero-order valence-corrected chi connectivity index (χ0v) is 14.0. The smallest absolute Gasteiger partial charge is 0.238 e. The lowest BCUT2D eigenvalue weighted by atomic mass is 9.99. The van der Waals surface area contributed by atoms with Gasteiger partial charge in [-0.2, -0.15) is 0 Å². The van der Waals surface area contributed by atoms with E-state index >= 15 is 0 Å². The van der Waals surface area contributed by atoms with Crippen LogP contribution in [0.1, 0.15) is 25.3 Å². The molecule has 0 aromatic heterocycles. The first-order chi connectivity index (χ1) is 11.0. The van der Waals surface area contributed by atoms with Crippen LogP contribution in [0.4, 0.5) is 0 Å². The van der Waals surface area contributed by atoms with Gasteiger partial charge in [0, 0.05) is 0 Å². The molecule has 1 rings (SSSR count). The Morgan fingerprint density at radius 1 is 1.26 bits per heavy atom. The minimum atomic E-state index is -0.652. The largest absolute Gasteiger partial charge is 0.341 e. The van der Waals surface area contributed by atoms with Crippen LogP contribution >= 0.6 is 0 Å². The monoisotopic (exact) mass is 317 g/mol. The maximum absolute atomic E-state index is 12.5. The van der Waals surface area contributed by atoms with E-state index in [1.165, 1.54) is 6.92 Å². The second-order valence-corrected chi connectivity index (χ2v) is 5.63. The highest BCUT2D eigenvalue weighted by Gasteiger charge is 2.24. The summed E-state index contributed by atoms with van der Waals surface area (Å²) in [5, 5.41) is 5.81. The summed E-state index contributed by atoms with van der Waals surface area (Å²) >= 11 is 0. The van der Waals surface area contributed by atoms with Crippen LogP contribution in [0, 0.1) is 0 Å². The summed E-state index contributed by atoms with van der Waals surface area (Å²) in [6.07, 6.45) is 1.94. The Bertz CT molecular complexity index is 528. The van der Waals surface area contributed by atoms with Gasteiger partial charge in [-0.15, -0.1) is 0 Å². The first kappa shape index (κ1) is 19.1. The number of nitrogens with one attached hydrogen (secondary N) is 2. The zero-order chi connectivity index (χ0) is 17.2. The summed E-state index contributed by atoms with van der Waals surface area (Å²) in [5.41, 5.74) is 7.25. The lowest BCUT2D eigenvalue weighted by Gasteiger charge is -2.22. The van der Waals surface area contributed by atoms with Crippen molar-refractivity contribution in [3.05, 3.63) is 48.0 Å². The van der Waals surface area contributed by atoms with E-state index in [0.717, 1.165) is 12.0 Å². The molecule has 1 unspecified atom stereocenters. The van der Waals surface area contributed by atoms with Gasteiger partial charge in [0.2, 0.25) is 5.91 Å². The Hall–Kier alpha value is -1.98. The van der Waals surface area contributed by atoms with Gasteiger partial charge in [0.05, 0.1) is 6.04 Å². The molecule has 126 valence electrons. The number of amides is 1. The fourth-order valence-corrected chi connectivity index (χ4v) is 2.38. The number of benzene rings is 1. The van der Waals surface area contributed by atoms with Crippen molar-refractivity contribution in [3.63, 3.8) is 0 Å². The molecule has 4 N–H and O–H groups in total. The Balaban J connectivity index is 2.71. The van der Waals surface area contributed by atoms with E-state index in [-0.39, 0.29) is 11.7 Å². The third-order valence-corrected chi connectivity index (χ3v) is 3.75. The van der Waals surface area contributed by atoms with Crippen LogP contribution in [0.5, 0.6) is 0 Å². The molecule has 0 bridgehead atoms. The molecule has 0 radical (unpaired) electrons. The van der Waals surface area contributed by atoms with Gasteiger partial charge in [0.15, 0.2) is 5.78 Å². The van der Waals surface area contributed by atoms with Gasteiger partial charge in [0.25, 0.3) is 0 Å². The van der Waals surface area contributed by atoms with Gasteiger partial charge in [-0.3, -0.25) is 9.59 Å². The number of Topliss-reactive ketones (excluding diaryl/α,β-unsaturated/α-hetero) is 1. The molecule has 2 atom stereocenters. The Labute approximate surface area is 138 Å². The van der Waals surface area contributed by atoms with Crippen LogP contribution in [0.3, 0.4) is 0 Å². The van der Waals surface area contributed by atoms with Crippen LogP contribution in [0.15, 0.2) is 42.5 Å². The molecule has 23 heavy (non-hydrogen) atoms. The van der Waals surface area contributed by atoms with Crippen LogP contribution in [-0.2, 0) is 16.0 Å². The maximum atomic E-state index is 12.5. The first-order valence-corrected chi connectivity index (χ1v) is 7.89. The first-order valence-electron chi connectivity index (χ1n) is 7.89. The molecule has 1 amide bonds. The maximum Gasteiger partial charge on any atom is 0.238 e. The van der Waals surface area contributed by atoms with Crippen molar-refractivity contribution in [3.8, 4) is 0 Å². The Kier molecular flexibility index (Phi) is 8.22. The Morgan fingerprint density at radius 2 is 1.91 bits per heavy atom. The highest BCUT2D eigenvalue weighted by molar-refractivity contribution is 5.91. The average Bonchev–Trinajstić information content (AvgIpc) is 2.55. The Morgan fingerprint density at radius 3 is 2.43 bits per heavy atom. The third kappa shape index (κ3) is 6.34. The summed E-state index contributed by atoms with van der Waals surface area (Å²) < 4.78 is 0. The predicted octanol–water partition coefficient (Wildman–Crippen LogP) is 1.19. The van der Waals surface area contributed by atoms with Crippen molar-refractivity contribution >= 4 is 11.7 Å². The molecule has 0 saturated heterocycles. The molecule has 1 aromatic carbocycles. The van der Waals surface area contributed by atoms with E-state index < -0.39 is 12.1 Å². The number of nitrogens with two attached hydrogens (primary N) is 1. The van der Waals surface area contributed by atoms with Gasteiger partial charge in [0.1, 0.15) is 6.04 Å². The van der Waals surface area contributed by atoms with Crippen molar-refractivity contribution in [1.82, 2.24) is 10.6 Å². The summed E-state index contributed by atoms with van der Waals surface area (Å²) in [6, 6.07) is 8.70. The second-order valence-electron chi connectivity index (χ2n) is 5.63. The molecule has 0 saturated carbocycles. The van der Waals surface area contributed by atoms with Crippen LogP contribution in [0.2, 0.25) is 0 Å². The van der Waals surface area contributed by atoms with Gasteiger partial charge < -0.3 is 16.4 Å². The predicted molar refractivity (Wildman–Crippen MR) is 93.0 cm³/mol. The molecule has 5 heteroatoms. The minimum Gasteiger partial charge on any atom is -0.341 e. The fourth-order valence-electron chi connectivity index (χ4n) is 2.38. The molecule has 0 spiro atoms. The van der Waals surface area contributed by atoms with E-state index in [4.69, 9.17) is 5.73 Å². The van der Waals surface area contributed by atoms with Gasteiger partial charge in [-0.1, -0.05) is 36.9 Å². The lowest BCUT2D eigenvalue weighted by Crippen LogP contribution is -2.50. The summed E-state index contributed by atoms with van der Waals surface area (Å²) in [4.78, 5) is 24.3. The number of hydrogen-bond donors (Lipinski definition) is 3. The van der Waals surface area contributed by atoms with Gasteiger partial charge in [-0.05, 0) is 50.9 Å². The molecule has 5 nitrogen and oxygen atoms in total. The number of carbonyl (C=O) groups is 2. The highest BCUT2D eigenvalue weighted by Crippen LogP contribution is 2.10. The molecule has 1 aromatic rings. The number of hydrogen-bond acceptors (Lipinski definition) is 4. The third-order valence-electron chi connectivity index (χ3n) is 3.75. The average molecular weight is 317 g/mol. The quantitative estimate of drug-likeness (QED) is 0.566. The summed E-state index contributed by atoms with van der Waals surface area (Å²) in [7, 11) is 1.74. The van der Waals surface area contributed by atoms with E-state index in [0.29, 0.717) is 25.0 Å². The molecule has 0 fully saturated rings. The summed E-state index contributed by atoms with van der Waals surface area (Å²) in [6.45, 7) is 5.92. The van der Waals surface area contributed by atoms with Gasteiger partial charge in [-0.25, -0.2) is 0 Å². The molecular weight excluding hydrogens is 290 g/mol. The number of rotatable bonds is 10. The number of carbonyl (C=O) groups excluding carboxylic acids is 2. The van der Waals surface area contributed by atoms with Gasteiger partial charge >= 0.3 is 0 Å². The van der Waals surface area contributed by atoms with E-state index in [9.17, 15) is 9.59 Å². The highest BCUT2D eigenvalue weighted by atomic mass is 16.2. The molecule has 0 aliphatic heterocycles. The molecule has 0 aliphatic carbocycles. The SMILES string of the molecule is C=C(CCCN)[C@H](NC(=O)C(Cc1ccccc1)NC)C(C)=O. The van der Waals surface area contributed by atoms with Crippen LogP contribution < -0.4 is 16.4 Å². The molecule has 0 heterocycles.